The molecule has 3 aliphatic rings. The molecule has 3 aliphatic heterocycles. The second-order valence-electron chi connectivity index (χ2n) is 7.14. The minimum atomic E-state index is -0.172. The van der Waals surface area contributed by atoms with Crippen molar-refractivity contribution in [2.45, 2.75) is 51.6 Å². The summed E-state index contributed by atoms with van der Waals surface area (Å²) in [5, 5.41) is 3.93. The topological polar surface area (TPSA) is 108 Å². The molecule has 4 rings (SSSR count). The molecule has 1 atom stereocenters. The van der Waals surface area contributed by atoms with E-state index >= 15 is 0 Å². The van der Waals surface area contributed by atoms with Gasteiger partial charge in [-0.05, 0) is 12.8 Å². The van der Waals surface area contributed by atoms with E-state index in [0.717, 1.165) is 24.1 Å². The van der Waals surface area contributed by atoms with Gasteiger partial charge in [0.25, 0.3) is 5.91 Å². The highest BCUT2D eigenvalue weighted by Crippen LogP contribution is 2.31. The van der Waals surface area contributed by atoms with E-state index in [1.54, 1.807) is 22.9 Å². The van der Waals surface area contributed by atoms with E-state index in [0.29, 0.717) is 44.0 Å². The zero-order chi connectivity index (χ0) is 19.0. The molecule has 9 heteroatoms. The van der Waals surface area contributed by atoms with Crippen LogP contribution in [0.15, 0.2) is 11.3 Å². The maximum atomic E-state index is 12.8. The smallest absolute Gasteiger partial charge is 0.270 e. The van der Waals surface area contributed by atoms with E-state index in [4.69, 9.17) is 4.98 Å². The maximum Gasteiger partial charge on any atom is 0.270 e. The number of hydrazone groups is 1. The third-order valence-electron chi connectivity index (χ3n) is 5.36. The molecule has 3 amide bonds. The summed E-state index contributed by atoms with van der Waals surface area (Å²) < 4.78 is 0. The highest BCUT2D eigenvalue weighted by atomic mass is 16.2. The molecule has 0 unspecified atom stereocenters. The van der Waals surface area contributed by atoms with Gasteiger partial charge in [-0.25, -0.2) is 15.4 Å². The molecule has 0 aromatic carbocycles. The van der Waals surface area contributed by atoms with Gasteiger partial charge in [-0.3, -0.25) is 14.4 Å². The summed E-state index contributed by atoms with van der Waals surface area (Å²) in [5.41, 5.74) is 4.69. The summed E-state index contributed by atoms with van der Waals surface area (Å²) in [5.74, 6) is 0.387. The van der Waals surface area contributed by atoms with Gasteiger partial charge in [0.15, 0.2) is 5.82 Å². The lowest BCUT2D eigenvalue weighted by Crippen LogP contribution is -2.40. The second kappa shape index (κ2) is 7.05. The van der Waals surface area contributed by atoms with Gasteiger partial charge in [-0.1, -0.05) is 0 Å². The third-order valence-corrected chi connectivity index (χ3v) is 5.36. The van der Waals surface area contributed by atoms with Crippen LogP contribution < -0.4 is 5.43 Å². The molecular weight excluding hydrogens is 348 g/mol. The maximum absolute atomic E-state index is 12.8. The molecule has 0 saturated carbocycles. The van der Waals surface area contributed by atoms with Crippen LogP contribution >= 0.6 is 0 Å². The largest absolute Gasteiger partial charge is 0.338 e. The summed E-state index contributed by atoms with van der Waals surface area (Å²) in [6.07, 6.45) is 4.82. The van der Waals surface area contributed by atoms with Crippen LogP contribution in [0.1, 0.15) is 55.7 Å². The predicted octanol–water partition coefficient (Wildman–Crippen LogP) is 0.311. The molecule has 0 spiro atoms. The van der Waals surface area contributed by atoms with Crippen LogP contribution in [-0.2, 0) is 27.3 Å². The number of rotatable bonds is 2. The molecule has 0 radical (unpaired) electrons. The molecule has 27 heavy (non-hydrogen) atoms. The average Bonchev–Trinajstić information content (AvgIpc) is 3.17. The summed E-state index contributed by atoms with van der Waals surface area (Å²) in [6, 6.07) is -0.172. The molecule has 9 nitrogen and oxygen atoms in total. The third kappa shape index (κ3) is 3.41. The number of nitrogens with one attached hydrogen (secondary N) is 1. The lowest BCUT2D eigenvalue weighted by atomic mass is 10.1. The van der Waals surface area contributed by atoms with Crippen molar-refractivity contribution in [2.75, 3.05) is 13.1 Å². The van der Waals surface area contributed by atoms with E-state index in [9.17, 15) is 14.4 Å². The molecule has 142 valence electrons. The standard InChI is InChI=1S/C18H22N6O3/c1-11(25)23-8-6-13-12(10-23)9-19-17(20-13)15-3-2-7-24(15)18(27)14-4-5-16(26)22-21-14/h9,15H,2-8,10H2,1H3,(H,22,26)/t15-/m1/s1. The van der Waals surface area contributed by atoms with Gasteiger partial charge in [-0.15, -0.1) is 0 Å². The fraction of sp³-hybridized carbons (Fsp3) is 0.556. The van der Waals surface area contributed by atoms with Gasteiger partial charge in [0, 0.05) is 57.6 Å². The number of hydrogen-bond donors (Lipinski definition) is 1. The normalized spacial score (nSPS) is 22.2. The van der Waals surface area contributed by atoms with Gasteiger partial charge in [0.05, 0.1) is 11.7 Å². The quantitative estimate of drug-likeness (QED) is 0.806. The van der Waals surface area contributed by atoms with E-state index in [-0.39, 0.29) is 30.2 Å². The number of carbonyl (C=O) groups is 3. The van der Waals surface area contributed by atoms with Gasteiger partial charge >= 0.3 is 0 Å². The molecule has 0 bridgehead atoms. The zero-order valence-electron chi connectivity index (χ0n) is 15.3. The van der Waals surface area contributed by atoms with Crippen molar-refractivity contribution < 1.29 is 14.4 Å². The predicted molar refractivity (Wildman–Crippen MR) is 95.3 cm³/mol. The molecule has 1 N–H and O–H groups in total. The number of likely N-dealkylation sites (tertiary alicyclic amines) is 1. The van der Waals surface area contributed by atoms with Crippen molar-refractivity contribution >= 4 is 23.4 Å². The Morgan fingerprint density at radius 1 is 1.22 bits per heavy atom. The van der Waals surface area contributed by atoms with Crippen LogP contribution in [0, 0.1) is 0 Å². The second-order valence-corrected chi connectivity index (χ2v) is 7.14. The Morgan fingerprint density at radius 2 is 2.07 bits per heavy atom. The fourth-order valence-electron chi connectivity index (χ4n) is 3.83. The first-order chi connectivity index (χ1) is 13.0. The Hall–Kier alpha value is -2.84. The Balaban J connectivity index is 1.53. The Morgan fingerprint density at radius 3 is 2.81 bits per heavy atom. The van der Waals surface area contributed by atoms with Crippen molar-refractivity contribution in [3.63, 3.8) is 0 Å². The Kier molecular flexibility index (Phi) is 4.59. The van der Waals surface area contributed by atoms with Crippen molar-refractivity contribution in [3.05, 3.63) is 23.3 Å². The first kappa shape index (κ1) is 17.6. The van der Waals surface area contributed by atoms with E-state index in [2.05, 4.69) is 15.5 Å². The van der Waals surface area contributed by atoms with Crippen molar-refractivity contribution in [1.29, 1.82) is 0 Å². The zero-order valence-corrected chi connectivity index (χ0v) is 15.3. The van der Waals surface area contributed by atoms with Crippen LogP contribution in [0.3, 0.4) is 0 Å². The summed E-state index contributed by atoms with van der Waals surface area (Å²) in [6.45, 7) is 3.39. The van der Waals surface area contributed by atoms with Crippen LogP contribution in [0.25, 0.3) is 0 Å². The first-order valence-corrected chi connectivity index (χ1v) is 9.29. The lowest BCUT2D eigenvalue weighted by molar-refractivity contribution is -0.130. The molecule has 1 aromatic heterocycles. The average molecular weight is 370 g/mol. The van der Waals surface area contributed by atoms with Crippen LogP contribution in [0.4, 0.5) is 0 Å². The summed E-state index contributed by atoms with van der Waals surface area (Å²) in [4.78, 5) is 48.5. The molecule has 4 heterocycles. The van der Waals surface area contributed by atoms with Gasteiger partial charge < -0.3 is 9.80 Å². The van der Waals surface area contributed by atoms with Crippen LogP contribution in [-0.4, -0.2) is 56.3 Å². The Labute approximate surface area is 156 Å². The number of aromatic nitrogens is 2. The number of fused-ring (bicyclic) bond motifs is 1. The fourth-order valence-corrected chi connectivity index (χ4v) is 3.83. The highest BCUT2D eigenvalue weighted by Gasteiger charge is 2.35. The SMILES string of the molecule is CC(=O)N1CCc2nc([C@H]3CCCN3C(=O)C3=NNC(=O)CC3)ncc2C1. The molecule has 0 aliphatic carbocycles. The van der Waals surface area contributed by atoms with E-state index in [1.165, 1.54) is 0 Å². The Bertz CT molecular complexity index is 836. The van der Waals surface area contributed by atoms with Crippen molar-refractivity contribution in [2.24, 2.45) is 5.10 Å². The molecule has 1 fully saturated rings. The minimum Gasteiger partial charge on any atom is -0.338 e. The van der Waals surface area contributed by atoms with Crippen molar-refractivity contribution in [3.8, 4) is 0 Å². The number of nitrogens with zero attached hydrogens (tertiary/aromatic N) is 5. The van der Waals surface area contributed by atoms with E-state index in [1.807, 2.05) is 0 Å². The molecule has 1 saturated heterocycles. The molecule has 1 aromatic rings. The van der Waals surface area contributed by atoms with Crippen LogP contribution in [0.5, 0.6) is 0 Å². The molecular formula is C18H22N6O3. The lowest BCUT2D eigenvalue weighted by Gasteiger charge is -2.29. The summed E-state index contributed by atoms with van der Waals surface area (Å²) >= 11 is 0. The first-order valence-electron chi connectivity index (χ1n) is 9.29. The van der Waals surface area contributed by atoms with Gasteiger partial charge in [0.2, 0.25) is 11.8 Å². The summed E-state index contributed by atoms with van der Waals surface area (Å²) in [7, 11) is 0. The number of amides is 3. The highest BCUT2D eigenvalue weighted by molar-refractivity contribution is 6.39. The van der Waals surface area contributed by atoms with E-state index < -0.39 is 0 Å². The van der Waals surface area contributed by atoms with Gasteiger partial charge in [0.1, 0.15) is 5.71 Å². The monoisotopic (exact) mass is 370 g/mol. The van der Waals surface area contributed by atoms with Crippen molar-refractivity contribution in [1.82, 2.24) is 25.2 Å². The number of carbonyl (C=O) groups excluding carboxylic acids is 3. The minimum absolute atomic E-state index is 0.0534. The van der Waals surface area contributed by atoms with Gasteiger partial charge in [-0.2, -0.15) is 5.10 Å². The van der Waals surface area contributed by atoms with Crippen LogP contribution in [0.2, 0.25) is 0 Å². The number of hydrogen-bond acceptors (Lipinski definition) is 6.